The van der Waals surface area contributed by atoms with Crippen molar-refractivity contribution in [3.05, 3.63) is 0 Å². The van der Waals surface area contributed by atoms with Gasteiger partial charge in [-0.3, -0.25) is 4.79 Å². The van der Waals surface area contributed by atoms with Gasteiger partial charge < -0.3 is 9.84 Å². The Morgan fingerprint density at radius 1 is 1.58 bits per heavy atom. The molecule has 0 spiro atoms. The van der Waals surface area contributed by atoms with E-state index in [0.29, 0.717) is 6.42 Å². The lowest BCUT2D eigenvalue weighted by Gasteiger charge is -2.25. The molecule has 68 valence electrons. The van der Waals surface area contributed by atoms with E-state index < -0.39 is 6.10 Å². The number of hydrogen-bond acceptors (Lipinski definition) is 3. The Morgan fingerprint density at radius 3 is 2.75 bits per heavy atom. The number of aliphatic hydroxyl groups is 1. The van der Waals surface area contributed by atoms with Crippen LogP contribution in [0.5, 0.6) is 0 Å². The lowest BCUT2D eigenvalue weighted by molar-refractivity contribution is -0.122. The van der Waals surface area contributed by atoms with Crippen molar-refractivity contribution in [1.29, 1.82) is 0 Å². The monoisotopic (exact) mass is 170 g/mol. The molecule has 1 saturated carbocycles. The van der Waals surface area contributed by atoms with E-state index in [2.05, 4.69) is 0 Å². The number of Topliss-reactive ketones (excluding diaryl/α,β-unsaturated/α-hetero) is 1. The van der Waals surface area contributed by atoms with Gasteiger partial charge in [0.1, 0.15) is 11.4 Å². The van der Waals surface area contributed by atoms with Crippen molar-refractivity contribution in [3.63, 3.8) is 0 Å². The average Bonchev–Trinajstić information content (AvgIpc) is 2.62. The number of ether oxygens (including phenoxy) is 1. The molecule has 0 unspecified atom stereocenters. The summed E-state index contributed by atoms with van der Waals surface area (Å²) in [6, 6.07) is 0. The van der Waals surface area contributed by atoms with Crippen molar-refractivity contribution in [2.24, 2.45) is 5.92 Å². The molecule has 0 aromatic rings. The Labute approximate surface area is 71.7 Å². The number of epoxide rings is 1. The van der Waals surface area contributed by atoms with Crippen molar-refractivity contribution >= 4 is 5.78 Å². The Morgan fingerprint density at radius 2 is 2.25 bits per heavy atom. The fraction of sp³-hybridized carbons (Fsp3) is 0.889. The third-order valence-electron chi connectivity index (χ3n) is 3.22. The van der Waals surface area contributed by atoms with E-state index in [0.717, 1.165) is 6.42 Å². The molecule has 1 heterocycles. The molecule has 3 heteroatoms. The van der Waals surface area contributed by atoms with Gasteiger partial charge in [-0.25, -0.2) is 0 Å². The number of ketones is 1. The molecule has 1 aliphatic carbocycles. The quantitative estimate of drug-likeness (QED) is 0.583. The second-order valence-corrected chi connectivity index (χ2v) is 4.09. The molecule has 2 aliphatic rings. The molecule has 3 nitrogen and oxygen atoms in total. The smallest absolute Gasteiger partial charge is 0.133 e. The van der Waals surface area contributed by atoms with Gasteiger partial charge in [0.05, 0.1) is 12.2 Å². The molecule has 0 amide bonds. The van der Waals surface area contributed by atoms with E-state index in [-0.39, 0.29) is 23.4 Å². The van der Waals surface area contributed by atoms with E-state index in [9.17, 15) is 9.90 Å². The summed E-state index contributed by atoms with van der Waals surface area (Å²) in [5, 5.41) is 9.62. The predicted octanol–water partition coefficient (Wildman–Crippen LogP) is 0.504. The lowest BCUT2D eigenvalue weighted by Crippen LogP contribution is -2.38. The molecule has 0 radical (unpaired) electrons. The zero-order valence-electron chi connectivity index (χ0n) is 7.41. The number of carbonyl (C=O) groups is 1. The van der Waals surface area contributed by atoms with Crippen molar-refractivity contribution in [1.82, 2.24) is 0 Å². The van der Waals surface area contributed by atoms with Crippen molar-refractivity contribution in [3.8, 4) is 0 Å². The fourth-order valence-electron chi connectivity index (χ4n) is 2.04. The van der Waals surface area contributed by atoms with Gasteiger partial charge in [-0.05, 0) is 26.7 Å². The van der Waals surface area contributed by atoms with Crippen LogP contribution < -0.4 is 0 Å². The SMILES string of the molecule is CC(=O)[C@H]1C[C@@H](O)[C@]2(C)O[C@@H]2C1. The van der Waals surface area contributed by atoms with E-state index in [1.54, 1.807) is 6.92 Å². The summed E-state index contributed by atoms with van der Waals surface area (Å²) in [7, 11) is 0. The average molecular weight is 170 g/mol. The van der Waals surface area contributed by atoms with Gasteiger partial charge in [0.15, 0.2) is 0 Å². The normalized spacial score (nSPS) is 51.4. The van der Waals surface area contributed by atoms with Crippen LogP contribution in [0.3, 0.4) is 0 Å². The fourth-order valence-corrected chi connectivity index (χ4v) is 2.04. The summed E-state index contributed by atoms with van der Waals surface area (Å²) in [5.74, 6) is 0.187. The maximum Gasteiger partial charge on any atom is 0.133 e. The zero-order chi connectivity index (χ0) is 8.93. The van der Waals surface area contributed by atoms with Crippen LogP contribution in [0.1, 0.15) is 26.7 Å². The van der Waals surface area contributed by atoms with Crippen molar-refractivity contribution in [2.45, 2.75) is 44.5 Å². The second kappa shape index (κ2) is 2.30. The molecule has 0 bridgehead atoms. The highest BCUT2D eigenvalue weighted by Gasteiger charge is 2.61. The number of hydrogen-bond donors (Lipinski definition) is 1. The summed E-state index contributed by atoms with van der Waals surface area (Å²) in [4.78, 5) is 11.0. The van der Waals surface area contributed by atoms with Gasteiger partial charge in [-0.15, -0.1) is 0 Å². The highest BCUT2D eigenvalue weighted by Crippen LogP contribution is 2.49. The largest absolute Gasteiger partial charge is 0.390 e. The molecule has 2 rings (SSSR count). The van der Waals surface area contributed by atoms with Crippen molar-refractivity contribution in [2.75, 3.05) is 0 Å². The van der Waals surface area contributed by atoms with Crippen LogP contribution in [0.25, 0.3) is 0 Å². The maximum absolute atomic E-state index is 11.0. The minimum atomic E-state index is -0.454. The van der Waals surface area contributed by atoms with Crippen LogP contribution in [0.4, 0.5) is 0 Å². The minimum Gasteiger partial charge on any atom is -0.390 e. The lowest BCUT2D eigenvalue weighted by atomic mass is 9.79. The molecule has 0 aromatic carbocycles. The summed E-state index contributed by atoms with van der Waals surface area (Å²) < 4.78 is 5.36. The van der Waals surface area contributed by atoms with Crippen LogP contribution in [0.2, 0.25) is 0 Å². The maximum atomic E-state index is 11.0. The summed E-state index contributed by atoms with van der Waals surface area (Å²) >= 11 is 0. The molecule has 1 N–H and O–H groups in total. The number of rotatable bonds is 1. The number of aliphatic hydroxyl groups excluding tert-OH is 1. The second-order valence-electron chi connectivity index (χ2n) is 4.09. The molecule has 1 aliphatic heterocycles. The molecule has 4 atom stereocenters. The Bertz CT molecular complexity index is 226. The zero-order valence-corrected chi connectivity index (χ0v) is 7.41. The third kappa shape index (κ3) is 1.00. The Kier molecular flexibility index (Phi) is 1.57. The topological polar surface area (TPSA) is 49.8 Å². The summed E-state index contributed by atoms with van der Waals surface area (Å²) in [5.41, 5.74) is -0.327. The summed E-state index contributed by atoms with van der Waals surface area (Å²) in [6.07, 6.45) is 1.03. The van der Waals surface area contributed by atoms with Crippen LogP contribution >= 0.6 is 0 Å². The van der Waals surface area contributed by atoms with Gasteiger partial charge in [0, 0.05) is 5.92 Å². The first-order valence-corrected chi connectivity index (χ1v) is 4.40. The summed E-state index contributed by atoms with van der Waals surface area (Å²) in [6.45, 7) is 3.50. The van der Waals surface area contributed by atoms with Gasteiger partial charge in [0.2, 0.25) is 0 Å². The first-order chi connectivity index (χ1) is 5.54. The first-order valence-electron chi connectivity index (χ1n) is 4.40. The van der Waals surface area contributed by atoms with Crippen molar-refractivity contribution < 1.29 is 14.6 Å². The Hall–Kier alpha value is -0.410. The van der Waals surface area contributed by atoms with Gasteiger partial charge >= 0.3 is 0 Å². The number of carbonyl (C=O) groups excluding carboxylic acids is 1. The molecule has 2 fully saturated rings. The van der Waals surface area contributed by atoms with E-state index in [1.807, 2.05) is 6.92 Å². The molecular formula is C9H14O3. The predicted molar refractivity (Wildman–Crippen MR) is 42.7 cm³/mol. The number of fused-ring (bicyclic) bond motifs is 1. The standard InChI is InChI=1S/C9H14O3/c1-5(10)6-3-7(11)9(2)8(4-6)12-9/h6-8,11H,3-4H2,1-2H3/t6-,7+,8+,9-/m0/s1. The van der Waals surface area contributed by atoms with E-state index in [1.165, 1.54) is 0 Å². The highest BCUT2D eigenvalue weighted by molar-refractivity contribution is 5.78. The minimum absolute atomic E-state index is 0.0144. The van der Waals surface area contributed by atoms with Crippen LogP contribution in [0.15, 0.2) is 0 Å². The first kappa shape index (κ1) is 8.20. The van der Waals surface area contributed by atoms with E-state index in [4.69, 9.17) is 4.74 Å². The molecular weight excluding hydrogens is 156 g/mol. The van der Waals surface area contributed by atoms with E-state index >= 15 is 0 Å². The highest BCUT2D eigenvalue weighted by atomic mass is 16.6. The van der Waals surface area contributed by atoms with Crippen LogP contribution in [0, 0.1) is 5.92 Å². The van der Waals surface area contributed by atoms with Crippen LogP contribution in [-0.4, -0.2) is 28.7 Å². The molecule has 12 heavy (non-hydrogen) atoms. The Balaban J connectivity index is 2.06. The molecule has 1 saturated heterocycles. The van der Waals surface area contributed by atoms with Gasteiger partial charge in [-0.1, -0.05) is 0 Å². The van der Waals surface area contributed by atoms with Gasteiger partial charge in [-0.2, -0.15) is 0 Å². The molecule has 0 aromatic heterocycles. The third-order valence-corrected chi connectivity index (χ3v) is 3.22. The van der Waals surface area contributed by atoms with Crippen LogP contribution in [-0.2, 0) is 9.53 Å². The van der Waals surface area contributed by atoms with Gasteiger partial charge in [0.25, 0.3) is 0 Å².